The molecule has 0 aliphatic heterocycles. The van der Waals surface area contributed by atoms with Gasteiger partial charge in [0.05, 0.1) is 0 Å². The number of aryl methyl sites for hydroxylation is 2. The molecule has 1 atom stereocenters. The Hall–Kier alpha value is -1.60. The lowest BCUT2D eigenvalue weighted by Gasteiger charge is -2.18. The highest BCUT2D eigenvalue weighted by Crippen LogP contribution is 2.31. The van der Waals surface area contributed by atoms with Gasteiger partial charge in [0, 0.05) is 6.04 Å². The molecule has 0 saturated carbocycles. The Labute approximate surface area is 123 Å². The maximum absolute atomic E-state index is 3.36. The van der Waals surface area contributed by atoms with E-state index < -0.39 is 0 Å². The van der Waals surface area contributed by atoms with Crippen molar-refractivity contribution < 1.29 is 0 Å². The number of hydrogen-bond acceptors (Lipinski definition) is 1. The Morgan fingerprint density at radius 3 is 2.35 bits per heavy atom. The molecular formula is C19H25N. The molecule has 1 unspecified atom stereocenters. The third kappa shape index (κ3) is 2.94. The molecule has 1 nitrogen and oxygen atoms in total. The lowest BCUT2D eigenvalue weighted by Crippen LogP contribution is -2.13. The van der Waals surface area contributed by atoms with Gasteiger partial charge in [-0.05, 0) is 54.6 Å². The van der Waals surface area contributed by atoms with Crippen molar-refractivity contribution in [3.8, 4) is 11.1 Å². The van der Waals surface area contributed by atoms with E-state index in [1.54, 1.807) is 0 Å². The molecule has 20 heavy (non-hydrogen) atoms. The first-order chi connectivity index (χ1) is 9.71. The summed E-state index contributed by atoms with van der Waals surface area (Å²) in [6.45, 7) is 6.66. The highest BCUT2D eigenvalue weighted by molar-refractivity contribution is 5.72. The minimum atomic E-state index is 0.362. The van der Waals surface area contributed by atoms with Crippen molar-refractivity contribution in [1.82, 2.24) is 5.32 Å². The van der Waals surface area contributed by atoms with Gasteiger partial charge in [-0.1, -0.05) is 56.3 Å². The molecule has 0 aliphatic carbocycles. The summed E-state index contributed by atoms with van der Waals surface area (Å²) in [7, 11) is 2.02. The predicted molar refractivity (Wildman–Crippen MR) is 88.1 cm³/mol. The van der Waals surface area contributed by atoms with Crippen LogP contribution in [-0.4, -0.2) is 7.05 Å². The molecule has 2 aromatic rings. The molecule has 0 amide bonds. The molecule has 0 aliphatic rings. The molecule has 2 rings (SSSR count). The van der Waals surface area contributed by atoms with Crippen LogP contribution in [0.15, 0.2) is 42.5 Å². The first-order valence-corrected chi connectivity index (χ1v) is 7.59. The zero-order valence-electron chi connectivity index (χ0n) is 13.0. The van der Waals surface area contributed by atoms with Gasteiger partial charge in [-0.25, -0.2) is 0 Å². The summed E-state index contributed by atoms with van der Waals surface area (Å²) < 4.78 is 0. The first-order valence-electron chi connectivity index (χ1n) is 7.59. The van der Waals surface area contributed by atoms with Gasteiger partial charge in [-0.2, -0.15) is 0 Å². The monoisotopic (exact) mass is 267 g/mol. The molecule has 0 heterocycles. The van der Waals surface area contributed by atoms with E-state index in [0.717, 1.165) is 12.8 Å². The van der Waals surface area contributed by atoms with Crippen LogP contribution < -0.4 is 5.32 Å². The smallest absolute Gasteiger partial charge is 0.0295 e. The van der Waals surface area contributed by atoms with Crippen LogP contribution in [0.5, 0.6) is 0 Å². The topological polar surface area (TPSA) is 12.0 Å². The van der Waals surface area contributed by atoms with Gasteiger partial charge in [0.25, 0.3) is 0 Å². The number of nitrogens with one attached hydrogen (secondary N) is 1. The summed E-state index contributed by atoms with van der Waals surface area (Å²) in [4.78, 5) is 0. The second-order valence-corrected chi connectivity index (χ2v) is 5.30. The van der Waals surface area contributed by atoms with E-state index in [1.165, 1.54) is 27.8 Å². The Bertz CT molecular complexity index is 572. The van der Waals surface area contributed by atoms with Crippen LogP contribution in [0.4, 0.5) is 0 Å². The second-order valence-electron chi connectivity index (χ2n) is 5.30. The average molecular weight is 267 g/mol. The molecular weight excluding hydrogens is 242 g/mol. The molecule has 2 aromatic carbocycles. The summed E-state index contributed by atoms with van der Waals surface area (Å²) in [6.07, 6.45) is 2.16. The predicted octanol–water partition coefficient (Wildman–Crippen LogP) is 4.76. The van der Waals surface area contributed by atoms with E-state index in [0.29, 0.717) is 6.04 Å². The summed E-state index contributed by atoms with van der Waals surface area (Å²) in [5, 5.41) is 3.36. The lowest BCUT2D eigenvalue weighted by molar-refractivity contribution is 0.654. The number of benzene rings is 2. The van der Waals surface area contributed by atoms with Crippen LogP contribution in [0.3, 0.4) is 0 Å². The van der Waals surface area contributed by atoms with Crippen molar-refractivity contribution in [1.29, 1.82) is 0 Å². The normalized spacial score (nSPS) is 12.4. The first kappa shape index (κ1) is 14.8. The molecule has 106 valence electrons. The molecule has 0 bridgehead atoms. The summed E-state index contributed by atoms with van der Waals surface area (Å²) >= 11 is 0. The zero-order valence-corrected chi connectivity index (χ0v) is 13.0. The SMILES string of the molecule is CCc1ccc(CC)c(-c2ccccc2C(C)NC)c1. The van der Waals surface area contributed by atoms with Crippen LogP contribution in [0.1, 0.15) is 43.5 Å². The molecule has 1 heteroatoms. The third-order valence-electron chi connectivity index (χ3n) is 4.11. The molecule has 0 fully saturated rings. The van der Waals surface area contributed by atoms with Gasteiger partial charge in [0.2, 0.25) is 0 Å². The molecule has 0 aromatic heterocycles. The van der Waals surface area contributed by atoms with E-state index in [9.17, 15) is 0 Å². The third-order valence-corrected chi connectivity index (χ3v) is 4.11. The quantitative estimate of drug-likeness (QED) is 0.823. The standard InChI is InChI=1S/C19H25N/c1-5-15-11-12-16(6-2)19(13-15)18-10-8-7-9-17(18)14(3)20-4/h7-14,20H,5-6H2,1-4H3. The highest BCUT2D eigenvalue weighted by atomic mass is 14.9. The van der Waals surface area contributed by atoms with Crippen LogP contribution in [0.25, 0.3) is 11.1 Å². The lowest BCUT2D eigenvalue weighted by atomic mass is 9.90. The van der Waals surface area contributed by atoms with Gasteiger partial charge in [0.1, 0.15) is 0 Å². The van der Waals surface area contributed by atoms with E-state index in [2.05, 4.69) is 68.6 Å². The van der Waals surface area contributed by atoms with Gasteiger partial charge in [-0.15, -0.1) is 0 Å². The van der Waals surface area contributed by atoms with Crippen LogP contribution >= 0.6 is 0 Å². The van der Waals surface area contributed by atoms with E-state index in [4.69, 9.17) is 0 Å². The Balaban J connectivity index is 2.61. The van der Waals surface area contributed by atoms with Crippen LogP contribution in [-0.2, 0) is 12.8 Å². The summed E-state index contributed by atoms with van der Waals surface area (Å²) in [6, 6.07) is 16.0. The Morgan fingerprint density at radius 1 is 0.950 bits per heavy atom. The van der Waals surface area contributed by atoms with Gasteiger partial charge in [-0.3, -0.25) is 0 Å². The molecule has 0 spiro atoms. The second kappa shape index (κ2) is 6.71. The molecule has 0 saturated heterocycles. The maximum Gasteiger partial charge on any atom is 0.0295 e. The van der Waals surface area contributed by atoms with E-state index in [1.807, 2.05) is 7.05 Å². The minimum Gasteiger partial charge on any atom is -0.313 e. The summed E-state index contributed by atoms with van der Waals surface area (Å²) in [5.74, 6) is 0. The number of rotatable bonds is 5. The van der Waals surface area contributed by atoms with Gasteiger partial charge in [0.15, 0.2) is 0 Å². The van der Waals surface area contributed by atoms with Gasteiger partial charge < -0.3 is 5.32 Å². The van der Waals surface area contributed by atoms with Crippen molar-refractivity contribution in [2.24, 2.45) is 0 Å². The Morgan fingerprint density at radius 2 is 1.70 bits per heavy atom. The number of hydrogen-bond donors (Lipinski definition) is 1. The van der Waals surface area contributed by atoms with Crippen molar-refractivity contribution in [2.75, 3.05) is 7.05 Å². The van der Waals surface area contributed by atoms with Crippen molar-refractivity contribution >= 4 is 0 Å². The maximum atomic E-state index is 3.36. The minimum absolute atomic E-state index is 0.362. The molecule has 0 radical (unpaired) electrons. The van der Waals surface area contributed by atoms with E-state index in [-0.39, 0.29) is 0 Å². The highest BCUT2D eigenvalue weighted by Gasteiger charge is 2.12. The van der Waals surface area contributed by atoms with Crippen LogP contribution in [0.2, 0.25) is 0 Å². The fraction of sp³-hybridized carbons (Fsp3) is 0.368. The van der Waals surface area contributed by atoms with Crippen molar-refractivity contribution in [3.63, 3.8) is 0 Å². The van der Waals surface area contributed by atoms with E-state index >= 15 is 0 Å². The fourth-order valence-electron chi connectivity index (χ4n) is 2.68. The largest absolute Gasteiger partial charge is 0.313 e. The molecule has 1 N–H and O–H groups in total. The summed E-state index contributed by atoms with van der Waals surface area (Å²) in [5.41, 5.74) is 6.96. The fourth-order valence-corrected chi connectivity index (χ4v) is 2.68. The zero-order chi connectivity index (χ0) is 14.5. The van der Waals surface area contributed by atoms with Crippen molar-refractivity contribution in [3.05, 3.63) is 59.2 Å². The van der Waals surface area contributed by atoms with Gasteiger partial charge >= 0.3 is 0 Å². The Kier molecular flexibility index (Phi) is 4.97. The van der Waals surface area contributed by atoms with Crippen molar-refractivity contribution in [2.45, 2.75) is 39.7 Å². The van der Waals surface area contributed by atoms with Crippen LogP contribution in [0, 0.1) is 0 Å². The average Bonchev–Trinajstić information content (AvgIpc) is 2.53.